The first kappa shape index (κ1) is 12.4. The van der Waals surface area contributed by atoms with Crippen molar-refractivity contribution in [2.24, 2.45) is 5.73 Å². The topological polar surface area (TPSA) is 46.2 Å². The summed E-state index contributed by atoms with van der Waals surface area (Å²) in [6.07, 6.45) is -0.523. The van der Waals surface area contributed by atoms with Gasteiger partial charge in [-0.25, -0.2) is 0 Å². The molecule has 0 aliphatic carbocycles. The van der Waals surface area contributed by atoms with Crippen LogP contribution in [0.4, 0.5) is 0 Å². The molecule has 0 saturated heterocycles. The molecule has 0 saturated carbocycles. The zero-order chi connectivity index (χ0) is 9.14. The van der Waals surface area contributed by atoms with Gasteiger partial charge in [-0.05, 0) is 25.0 Å². The Balaban J connectivity index is 0.00000144. The van der Waals surface area contributed by atoms with E-state index in [1.54, 1.807) is 0 Å². The molecule has 1 atom stereocenters. The Morgan fingerprint density at radius 1 is 1.38 bits per heavy atom. The van der Waals surface area contributed by atoms with Crippen molar-refractivity contribution in [2.75, 3.05) is 6.54 Å². The summed E-state index contributed by atoms with van der Waals surface area (Å²) < 4.78 is 0. The van der Waals surface area contributed by atoms with Crippen molar-refractivity contribution in [3.8, 4) is 0 Å². The van der Waals surface area contributed by atoms with Gasteiger partial charge in [0.1, 0.15) is 0 Å². The molecule has 0 aliphatic heterocycles. The Morgan fingerprint density at radius 2 is 2.00 bits per heavy atom. The maximum atomic E-state index is 9.48. The molecule has 74 valence electrons. The van der Waals surface area contributed by atoms with Crippen molar-refractivity contribution < 1.29 is 5.11 Å². The van der Waals surface area contributed by atoms with Gasteiger partial charge in [-0.2, -0.15) is 0 Å². The fraction of sp³-hybridized carbons (Fsp3) is 0.400. The highest BCUT2D eigenvalue weighted by Crippen LogP contribution is 2.17. The minimum absolute atomic E-state index is 0. The zero-order valence-corrected chi connectivity index (χ0v) is 8.77. The highest BCUT2D eigenvalue weighted by Gasteiger charge is 2.07. The summed E-state index contributed by atoms with van der Waals surface area (Å²) in [5.74, 6) is 0. The maximum absolute atomic E-state index is 9.48. The summed E-state index contributed by atoms with van der Waals surface area (Å²) >= 11 is 0. The van der Waals surface area contributed by atoms with E-state index in [-0.39, 0.29) is 19.0 Å². The Bertz CT molecular complexity index is 276. The van der Waals surface area contributed by atoms with E-state index in [4.69, 9.17) is 5.73 Å². The Hall–Kier alpha value is -0.570. The van der Waals surface area contributed by atoms with E-state index in [9.17, 15) is 5.11 Å². The number of rotatable bonds is 2. The van der Waals surface area contributed by atoms with E-state index in [1.165, 1.54) is 5.56 Å². The van der Waals surface area contributed by atoms with E-state index < -0.39 is 6.10 Å². The Labute approximate surface area is 85.2 Å². The zero-order valence-electron chi connectivity index (χ0n) is 7.95. The predicted octanol–water partition coefficient (Wildman–Crippen LogP) is 1.72. The van der Waals surface area contributed by atoms with Crippen LogP contribution in [0.2, 0.25) is 0 Å². The molecule has 0 radical (unpaired) electrons. The van der Waals surface area contributed by atoms with Gasteiger partial charge >= 0.3 is 0 Å². The maximum Gasteiger partial charge on any atom is 0.0914 e. The van der Waals surface area contributed by atoms with Crippen molar-refractivity contribution in [1.82, 2.24) is 0 Å². The Kier molecular flexibility index (Phi) is 4.99. The lowest BCUT2D eigenvalue weighted by atomic mass is 10.0. The van der Waals surface area contributed by atoms with E-state index in [0.29, 0.717) is 0 Å². The first-order valence-corrected chi connectivity index (χ1v) is 4.10. The number of aliphatic hydroxyl groups excluding tert-OH is 1. The SMILES string of the molecule is Cc1ccc(C(O)CN)c(C)c1.Cl. The van der Waals surface area contributed by atoms with Crippen molar-refractivity contribution in [3.63, 3.8) is 0 Å². The Morgan fingerprint density at radius 3 is 2.46 bits per heavy atom. The predicted molar refractivity (Wildman–Crippen MR) is 57.2 cm³/mol. The third kappa shape index (κ3) is 2.99. The fourth-order valence-electron chi connectivity index (χ4n) is 1.33. The summed E-state index contributed by atoms with van der Waals surface area (Å²) in [6, 6.07) is 5.97. The summed E-state index contributed by atoms with van der Waals surface area (Å²) in [5, 5.41) is 9.48. The first-order chi connectivity index (χ1) is 5.65. The average Bonchev–Trinajstić information content (AvgIpc) is 2.03. The quantitative estimate of drug-likeness (QED) is 0.766. The highest BCUT2D eigenvalue weighted by molar-refractivity contribution is 5.85. The fourth-order valence-corrected chi connectivity index (χ4v) is 1.33. The number of nitrogens with two attached hydrogens (primary N) is 1. The van der Waals surface area contributed by atoms with Crippen LogP contribution in [0, 0.1) is 13.8 Å². The first-order valence-electron chi connectivity index (χ1n) is 4.10. The number of hydrogen-bond acceptors (Lipinski definition) is 2. The minimum atomic E-state index is -0.523. The number of benzene rings is 1. The molecule has 0 aromatic heterocycles. The lowest BCUT2D eigenvalue weighted by Gasteiger charge is -2.11. The van der Waals surface area contributed by atoms with Crippen LogP contribution in [-0.2, 0) is 0 Å². The van der Waals surface area contributed by atoms with Crippen LogP contribution in [0.25, 0.3) is 0 Å². The van der Waals surface area contributed by atoms with Gasteiger partial charge in [0.2, 0.25) is 0 Å². The molecule has 1 unspecified atom stereocenters. The second-order valence-corrected chi connectivity index (χ2v) is 3.11. The summed E-state index contributed by atoms with van der Waals surface area (Å²) in [5.41, 5.74) is 8.61. The van der Waals surface area contributed by atoms with Crippen LogP contribution in [0.15, 0.2) is 18.2 Å². The van der Waals surface area contributed by atoms with Gasteiger partial charge in [-0.1, -0.05) is 23.8 Å². The van der Waals surface area contributed by atoms with Gasteiger partial charge in [0, 0.05) is 6.54 Å². The van der Waals surface area contributed by atoms with Gasteiger partial charge in [0.15, 0.2) is 0 Å². The molecule has 1 rings (SSSR count). The molecule has 0 fully saturated rings. The van der Waals surface area contributed by atoms with Crippen molar-refractivity contribution in [1.29, 1.82) is 0 Å². The standard InChI is InChI=1S/C10H15NO.ClH/c1-7-3-4-9(8(2)5-7)10(12)6-11;/h3-5,10,12H,6,11H2,1-2H3;1H. The molecule has 1 aromatic rings. The lowest BCUT2D eigenvalue weighted by Crippen LogP contribution is -2.12. The average molecular weight is 202 g/mol. The van der Waals surface area contributed by atoms with E-state index in [0.717, 1.165) is 11.1 Å². The second kappa shape index (κ2) is 5.22. The number of hydrogen-bond donors (Lipinski definition) is 2. The molecule has 0 amide bonds. The molecule has 0 aliphatic rings. The molecule has 0 spiro atoms. The molecule has 3 heteroatoms. The van der Waals surface area contributed by atoms with E-state index >= 15 is 0 Å². The third-order valence-electron chi connectivity index (χ3n) is 2.01. The molecule has 3 N–H and O–H groups in total. The molecule has 13 heavy (non-hydrogen) atoms. The molecule has 1 aromatic carbocycles. The summed E-state index contributed by atoms with van der Waals surface area (Å²) in [7, 11) is 0. The molecule has 0 bridgehead atoms. The number of halogens is 1. The van der Waals surface area contributed by atoms with Crippen LogP contribution in [0.3, 0.4) is 0 Å². The highest BCUT2D eigenvalue weighted by atomic mass is 35.5. The van der Waals surface area contributed by atoms with Gasteiger partial charge in [0.25, 0.3) is 0 Å². The molecular formula is C10H16ClNO. The lowest BCUT2D eigenvalue weighted by molar-refractivity contribution is 0.186. The van der Waals surface area contributed by atoms with Gasteiger partial charge in [0.05, 0.1) is 6.10 Å². The van der Waals surface area contributed by atoms with Crippen LogP contribution < -0.4 is 5.73 Å². The van der Waals surface area contributed by atoms with Crippen LogP contribution >= 0.6 is 12.4 Å². The molecule has 2 nitrogen and oxygen atoms in total. The number of aryl methyl sites for hydroxylation is 2. The van der Waals surface area contributed by atoms with Crippen molar-refractivity contribution in [3.05, 3.63) is 34.9 Å². The van der Waals surface area contributed by atoms with Crippen LogP contribution in [0.1, 0.15) is 22.8 Å². The van der Waals surface area contributed by atoms with E-state index in [1.807, 2.05) is 32.0 Å². The normalized spacial score (nSPS) is 12.0. The third-order valence-corrected chi connectivity index (χ3v) is 2.01. The smallest absolute Gasteiger partial charge is 0.0914 e. The van der Waals surface area contributed by atoms with Gasteiger partial charge in [-0.15, -0.1) is 12.4 Å². The second-order valence-electron chi connectivity index (χ2n) is 3.11. The summed E-state index contributed by atoms with van der Waals surface area (Å²) in [4.78, 5) is 0. The molecule has 0 heterocycles. The number of aliphatic hydroxyl groups is 1. The van der Waals surface area contributed by atoms with Crippen LogP contribution in [0.5, 0.6) is 0 Å². The van der Waals surface area contributed by atoms with Gasteiger partial charge in [-0.3, -0.25) is 0 Å². The van der Waals surface area contributed by atoms with E-state index in [2.05, 4.69) is 0 Å². The van der Waals surface area contributed by atoms with Gasteiger partial charge < -0.3 is 10.8 Å². The monoisotopic (exact) mass is 201 g/mol. The van der Waals surface area contributed by atoms with Crippen molar-refractivity contribution >= 4 is 12.4 Å². The van der Waals surface area contributed by atoms with Crippen molar-refractivity contribution in [2.45, 2.75) is 20.0 Å². The minimum Gasteiger partial charge on any atom is -0.387 e. The van der Waals surface area contributed by atoms with Crippen LogP contribution in [-0.4, -0.2) is 11.7 Å². The summed E-state index contributed by atoms with van der Waals surface area (Å²) in [6.45, 7) is 4.30. The largest absolute Gasteiger partial charge is 0.387 e. The molecular weight excluding hydrogens is 186 g/mol.